The summed E-state index contributed by atoms with van der Waals surface area (Å²) in [7, 11) is 4.15. The van der Waals surface area contributed by atoms with Crippen molar-refractivity contribution < 1.29 is 0 Å². The number of likely N-dealkylation sites (N-methyl/N-ethyl adjacent to an activating group) is 1. The van der Waals surface area contributed by atoms with Crippen molar-refractivity contribution in [2.75, 3.05) is 20.6 Å². The minimum Gasteiger partial charge on any atom is -0.351 e. The van der Waals surface area contributed by atoms with Gasteiger partial charge in [0.1, 0.15) is 0 Å². The Morgan fingerprint density at radius 3 is 2.44 bits per heavy atom. The molecule has 1 unspecified atom stereocenters. The van der Waals surface area contributed by atoms with Gasteiger partial charge in [-0.1, -0.05) is 13.8 Å². The van der Waals surface area contributed by atoms with Gasteiger partial charge in [-0.3, -0.25) is 5.43 Å². The Bertz CT molecular complexity index is 233. The summed E-state index contributed by atoms with van der Waals surface area (Å²) < 4.78 is 0. The molecule has 0 heterocycles. The second-order valence-electron chi connectivity index (χ2n) is 5.11. The van der Waals surface area contributed by atoms with Gasteiger partial charge < -0.3 is 10.2 Å². The SMILES string of the molecule is CC(C)C(CN(C)C)NC(=NC1CC1)NN. The summed E-state index contributed by atoms with van der Waals surface area (Å²) in [5.74, 6) is 6.74. The number of hydrazine groups is 1. The third-order valence-electron chi connectivity index (χ3n) is 2.68. The highest BCUT2D eigenvalue weighted by molar-refractivity contribution is 5.79. The minimum absolute atomic E-state index is 0.364. The summed E-state index contributed by atoms with van der Waals surface area (Å²) in [5.41, 5.74) is 2.65. The number of hydrogen-bond donors (Lipinski definition) is 3. The third-order valence-corrected chi connectivity index (χ3v) is 2.68. The highest BCUT2D eigenvalue weighted by atomic mass is 15.3. The van der Waals surface area contributed by atoms with Crippen molar-refractivity contribution in [2.45, 2.75) is 38.8 Å². The summed E-state index contributed by atoms with van der Waals surface area (Å²) in [5, 5.41) is 3.38. The standard InChI is InChI=1S/C11H25N5/c1-8(2)10(7-16(3)4)14-11(15-12)13-9-5-6-9/h8-10H,5-7,12H2,1-4H3,(H2,13,14,15). The lowest BCUT2D eigenvalue weighted by Crippen LogP contribution is -2.51. The molecule has 0 radical (unpaired) electrons. The lowest BCUT2D eigenvalue weighted by atomic mass is 10.0. The van der Waals surface area contributed by atoms with Gasteiger partial charge >= 0.3 is 0 Å². The number of hydrogen-bond acceptors (Lipinski definition) is 3. The Hall–Kier alpha value is -0.810. The van der Waals surface area contributed by atoms with Crippen LogP contribution in [0.3, 0.4) is 0 Å². The number of rotatable bonds is 5. The van der Waals surface area contributed by atoms with E-state index in [4.69, 9.17) is 5.84 Å². The van der Waals surface area contributed by atoms with E-state index in [0.717, 1.165) is 12.5 Å². The minimum atomic E-state index is 0.364. The van der Waals surface area contributed by atoms with E-state index in [0.29, 0.717) is 18.0 Å². The van der Waals surface area contributed by atoms with Crippen LogP contribution in [-0.2, 0) is 0 Å². The zero-order valence-electron chi connectivity index (χ0n) is 10.8. The van der Waals surface area contributed by atoms with Crippen LogP contribution in [-0.4, -0.2) is 43.6 Å². The molecule has 1 aliphatic carbocycles. The summed E-state index contributed by atoms with van der Waals surface area (Å²) >= 11 is 0. The number of guanidine groups is 1. The zero-order chi connectivity index (χ0) is 12.1. The molecule has 0 saturated heterocycles. The molecule has 1 aliphatic rings. The van der Waals surface area contributed by atoms with E-state index in [9.17, 15) is 0 Å². The molecule has 0 bridgehead atoms. The fourth-order valence-corrected chi connectivity index (χ4v) is 1.49. The van der Waals surface area contributed by atoms with Crippen LogP contribution in [0.1, 0.15) is 26.7 Å². The van der Waals surface area contributed by atoms with Gasteiger partial charge in [0.05, 0.1) is 6.04 Å². The first-order valence-electron chi connectivity index (χ1n) is 5.98. The van der Waals surface area contributed by atoms with Gasteiger partial charge in [-0.15, -0.1) is 0 Å². The van der Waals surface area contributed by atoms with Crippen molar-refractivity contribution in [3.63, 3.8) is 0 Å². The molecule has 4 N–H and O–H groups in total. The van der Waals surface area contributed by atoms with Gasteiger partial charge in [-0.05, 0) is 32.9 Å². The van der Waals surface area contributed by atoms with Gasteiger partial charge in [0.2, 0.25) is 5.96 Å². The van der Waals surface area contributed by atoms with Crippen molar-refractivity contribution >= 4 is 5.96 Å². The molecular weight excluding hydrogens is 202 g/mol. The van der Waals surface area contributed by atoms with Gasteiger partial charge in [0, 0.05) is 12.6 Å². The molecule has 0 aliphatic heterocycles. The van der Waals surface area contributed by atoms with E-state index < -0.39 is 0 Å². The molecular formula is C11H25N5. The van der Waals surface area contributed by atoms with Crippen LogP contribution in [0.15, 0.2) is 4.99 Å². The molecule has 0 amide bonds. The van der Waals surface area contributed by atoms with Crippen LogP contribution >= 0.6 is 0 Å². The number of aliphatic imine (C=N–C) groups is 1. The van der Waals surface area contributed by atoms with E-state index in [1.54, 1.807) is 0 Å². The molecule has 1 fully saturated rings. The maximum atomic E-state index is 5.47. The maximum Gasteiger partial charge on any atom is 0.206 e. The molecule has 0 aromatic carbocycles. The highest BCUT2D eigenvalue weighted by Crippen LogP contribution is 2.23. The molecule has 1 saturated carbocycles. The fraction of sp³-hybridized carbons (Fsp3) is 0.909. The number of nitrogens with one attached hydrogen (secondary N) is 2. The van der Waals surface area contributed by atoms with Crippen molar-refractivity contribution in [2.24, 2.45) is 16.8 Å². The molecule has 0 aromatic heterocycles. The quantitative estimate of drug-likeness (QED) is 0.271. The van der Waals surface area contributed by atoms with Crippen LogP contribution in [0.25, 0.3) is 0 Å². The van der Waals surface area contributed by atoms with Crippen molar-refractivity contribution in [1.29, 1.82) is 0 Å². The Morgan fingerprint density at radius 1 is 1.44 bits per heavy atom. The molecule has 1 rings (SSSR count). The van der Waals surface area contributed by atoms with Gasteiger partial charge in [0.15, 0.2) is 0 Å². The van der Waals surface area contributed by atoms with Gasteiger partial charge in [-0.2, -0.15) is 0 Å². The van der Waals surface area contributed by atoms with E-state index in [1.807, 2.05) is 0 Å². The van der Waals surface area contributed by atoms with Gasteiger partial charge in [0.25, 0.3) is 0 Å². The van der Waals surface area contributed by atoms with Crippen molar-refractivity contribution in [3.8, 4) is 0 Å². The maximum absolute atomic E-state index is 5.47. The van der Waals surface area contributed by atoms with E-state index in [1.165, 1.54) is 12.8 Å². The lowest BCUT2D eigenvalue weighted by molar-refractivity contribution is 0.311. The smallest absolute Gasteiger partial charge is 0.206 e. The zero-order valence-corrected chi connectivity index (χ0v) is 10.8. The topological polar surface area (TPSA) is 65.7 Å². The lowest BCUT2D eigenvalue weighted by Gasteiger charge is -2.26. The normalized spacial score (nSPS) is 19.1. The van der Waals surface area contributed by atoms with Crippen LogP contribution in [0, 0.1) is 5.92 Å². The number of nitrogens with two attached hydrogens (primary N) is 1. The average Bonchev–Trinajstić information content (AvgIpc) is 2.98. The largest absolute Gasteiger partial charge is 0.351 e. The molecule has 5 heteroatoms. The first-order chi connectivity index (χ1) is 7.52. The van der Waals surface area contributed by atoms with Gasteiger partial charge in [-0.25, -0.2) is 10.8 Å². The summed E-state index contributed by atoms with van der Waals surface area (Å²) in [4.78, 5) is 6.66. The highest BCUT2D eigenvalue weighted by Gasteiger charge is 2.22. The molecule has 16 heavy (non-hydrogen) atoms. The predicted molar refractivity (Wildman–Crippen MR) is 68.1 cm³/mol. The Kier molecular flexibility index (Phi) is 5.02. The van der Waals surface area contributed by atoms with E-state index >= 15 is 0 Å². The Balaban J connectivity index is 2.50. The molecule has 94 valence electrons. The van der Waals surface area contributed by atoms with Crippen molar-refractivity contribution in [3.05, 3.63) is 0 Å². The van der Waals surface area contributed by atoms with Crippen molar-refractivity contribution in [1.82, 2.24) is 15.6 Å². The Morgan fingerprint density at radius 2 is 2.06 bits per heavy atom. The molecule has 1 atom stereocenters. The second kappa shape index (κ2) is 6.06. The summed E-state index contributed by atoms with van der Waals surface area (Å²) in [6, 6.07) is 0.842. The van der Waals surface area contributed by atoms with Crippen LogP contribution in [0.2, 0.25) is 0 Å². The van der Waals surface area contributed by atoms with Crippen LogP contribution in [0.5, 0.6) is 0 Å². The Labute approximate surface area is 98.4 Å². The van der Waals surface area contributed by atoms with Crippen LogP contribution in [0.4, 0.5) is 0 Å². The van der Waals surface area contributed by atoms with E-state index in [2.05, 4.69) is 48.6 Å². The summed E-state index contributed by atoms with van der Waals surface area (Å²) in [6.45, 7) is 5.38. The molecule has 0 spiro atoms. The predicted octanol–water partition coefficient (Wildman–Crippen LogP) is 0.144. The number of nitrogens with zero attached hydrogens (tertiary/aromatic N) is 2. The first kappa shape index (κ1) is 13.3. The first-order valence-corrected chi connectivity index (χ1v) is 5.98. The second-order valence-corrected chi connectivity index (χ2v) is 5.11. The monoisotopic (exact) mass is 227 g/mol. The third kappa shape index (κ3) is 4.81. The molecule has 5 nitrogen and oxygen atoms in total. The summed E-state index contributed by atoms with van der Waals surface area (Å²) in [6.07, 6.45) is 2.37. The fourth-order valence-electron chi connectivity index (χ4n) is 1.49. The average molecular weight is 227 g/mol. The molecule has 0 aromatic rings. The van der Waals surface area contributed by atoms with Crippen LogP contribution < -0.4 is 16.6 Å². The van der Waals surface area contributed by atoms with E-state index in [-0.39, 0.29) is 0 Å².